The summed E-state index contributed by atoms with van der Waals surface area (Å²) in [7, 11) is 0. The minimum atomic E-state index is 0.249. The van der Waals surface area contributed by atoms with Crippen molar-refractivity contribution < 1.29 is 0 Å². The molecule has 0 saturated heterocycles. The first-order valence-electron chi connectivity index (χ1n) is 6.40. The molecular formula is C14H20N4. The van der Waals surface area contributed by atoms with Crippen LogP contribution in [0.5, 0.6) is 0 Å². The van der Waals surface area contributed by atoms with Crippen molar-refractivity contribution in [2.24, 2.45) is 5.73 Å². The van der Waals surface area contributed by atoms with E-state index in [0.717, 1.165) is 36.6 Å². The Hall–Kier alpha value is -1.68. The molecule has 2 rings (SSSR count). The van der Waals surface area contributed by atoms with Gasteiger partial charge in [-0.05, 0) is 38.8 Å². The second-order valence-electron chi connectivity index (χ2n) is 4.70. The average Bonchev–Trinajstić information content (AvgIpc) is 2.71. The third-order valence-corrected chi connectivity index (χ3v) is 2.97. The zero-order chi connectivity index (χ0) is 13.0. The molecule has 0 aliphatic heterocycles. The van der Waals surface area contributed by atoms with E-state index in [0.29, 0.717) is 0 Å². The highest BCUT2D eigenvalue weighted by Gasteiger charge is 2.10. The lowest BCUT2D eigenvalue weighted by Crippen LogP contribution is -2.15. The van der Waals surface area contributed by atoms with Crippen molar-refractivity contribution in [2.75, 3.05) is 0 Å². The number of aryl methyl sites for hydroxylation is 2. The lowest BCUT2D eigenvalue weighted by molar-refractivity contribution is 0.609. The molecule has 0 fully saturated rings. The van der Waals surface area contributed by atoms with Crippen LogP contribution < -0.4 is 5.73 Å². The molecule has 0 radical (unpaired) electrons. The predicted molar refractivity (Wildman–Crippen MR) is 72.7 cm³/mol. The molecule has 0 spiro atoms. The van der Waals surface area contributed by atoms with Crippen LogP contribution in [0.25, 0.3) is 5.69 Å². The zero-order valence-corrected chi connectivity index (χ0v) is 11.0. The van der Waals surface area contributed by atoms with Gasteiger partial charge in [0.15, 0.2) is 0 Å². The second kappa shape index (κ2) is 5.78. The summed E-state index contributed by atoms with van der Waals surface area (Å²) >= 11 is 0. The molecule has 0 bridgehead atoms. The van der Waals surface area contributed by atoms with Gasteiger partial charge in [-0.1, -0.05) is 18.2 Å². The van der Waals surface area contributed by atoms with Crippen LogP contribution in [0.3, 0.4) is 0 Å². The maximum absolute atomic E-state index is 5.77. The van der Waals surface area contributed by atoms with Crippen LogP contribution in [0, 0.1) is 6.92 Å². The van der Waals surface area contributed by atoms with Gasteiger partial charge in [0.25, 0.3) is 0 Å². The van der Waals surface area contributed by atoms with E-state index in [4.69, 9.17) is 5.73 Å². The molecule has 0 aliphatic carbocycles. The molecule has 1 heterocycles. The number of para-hydroxylation sites is 1. The Kier molecular flexibility index (Phi) is 4.10. The lowest BCUT2D eigenvalue weighted by Gasteiger charge is -2.09. The van der Waals surface area contributed by atoms with Crippen molar-refractivity contribution in [3.8, 4) is 5.69 Å². The number of nitrogens with zero attached hydrogens (tertiary/aromatic N) is 3. The molecule has 1 aromatic carbocycles. The number of aromatic nitrogens is 3. The third-order valence-electron chi connectivity index (χ3n) is 2.97. The van der Waals surface area contributed by atoms with Gasteiger partial charge in [0.1, 0.15) is 11.6 Å². The molecule has 18 heavy (non-hydrogen) atoms. The second-order valence-corrected chi connectivity index (χ2v) is 4.70. The van der Waals surface area contributed by atoms with Gasteiger partial charge in [-0.2, -0.15) is 0 Å². The lowest BCUT2D eigenvalue weighted by atomic mass is 10.1. The van der Waals surface area contributed by atoms with Gasteiger partial charge >= 0.3 is 0 Å². The van der Waals surface area contributed by atoms with Crippen molar-refractivity contribution in [1.82, 2.24) is 14.8 Å². The number of hydrogen-bond donors (Lipinski definition) is 1. The van der Waals surface area contributed by atoms with Crippen LogP contribution in [0.15, 0.2) is 30.3 Å². The third kappa shape index (κ3) is 2.96. The minimum absolute atomic E-state index is 0.249. The Morgan fingerprint density at radius 1 is 1.22 bits per heavy atom. The van der Waals surface area contributed by atoms with Gasteiger partial charge < -0.3 is 5.73 Å². The summed E-state index contributed by atoms with van der Waals surface area (Å²) in [6.07, 6.45) is 2.97. The van der Waals surface area contributed by atoms with Crippen LogP contribution in [0.1, 0.15) is 31.4 Å². The largest absolute Gasteiger partial charge is 0.328 e. The summed E-state index contributed by atoms with van der Waals surface area (Å²) < 4.78 is 2.11. The predicted octanol–water partition coefficient (Wildman–Crippen LogP) is 2.25. The Morgan fingerprint density at radius 2 is 1.94 bits per heavy atom. The first-order valence-corrected chi connectivity index (χ1v) is 6.40. The van der Waals surface area contributed by atoms with Gasteiger partial charge in [-0.25, -0.2) is 0 Å². The number of nitrogens with two attached hydrogens (primary N) is 1. The van der Waals surface area contributed by atoms with E-state index in [1.54, 1.807) is 0 Å². The molecule has 4 nitrogen and oxygen atoms in total. The Balaban J connectivity index is 2.17. The molecule has 0 aliphatic rings. The smallest absolute Gasteiger partial charge is 0.137 e. The number of rotatable bonds is 5. The molecule has 0 saturated carbocycles. The standard InChI is InChI=1S/C14H20N4/c1-11(15)7-6-10-14-17-16-12(2)18(14)13-8-4-3-5-9-13/h3-5,8-9,11H,6-7,10,15H2,1-2H3. The van der Waals surface area contributed by atoms with Crippen LogP contribution >= 0.6 is 0 Å². The summed E-state index contributed by atoms with van der Waals surface area (Å²) in [5.74, 6) is 1.94. The average molecular weight is 244 g/mol. The van der Waals surface area contributed by atoms with Crippen molar-refractivity contribution >= 4 is 0 Å². The maximum atomic E-state index is 5.77. The van der Waals surface area contributed by atoms with E-state index in [1.165, 1.54) is 0 Å². The Morgan fingerprint density at radius 3 is 2.61 bits per heavy atom. The van der Waals surface area contributed by atoms with E-state index in [-0.39, 0.29) is 6.04 Å². The normalized spacial score (nSPS) is 12.6. The van der Waals surface area contributed by atoms with Gasteiger partial charge in [0.05, 0.1) is 0 Å². The summed E-state index contributed by atoms with van der Waals surface area (Å²) in [5.41, 5.74) is 6.89. The van der Waals surface area contributed by atoms with Gasteiger partial charge in [-0.3, -0.25) is 4.57 Å². The first-order chi connectivity index (χ1) is 8.68. The fraction of sp³-hybridized carbons (Fsp3) is 0.429. The molecule has 96 valence electrons. The molecule has 0 amide bonds. The highest BCUT2D eigenvalue weighted by molar-refractivity contribution is 5.33. The summed E-state index contributed by atoms with van der Waals surface area (Å²) in [6.45, 7) is 4.02. The zero-order valence-electron chi connectivity index (χ0n) is 11.0. The van der Waals surface area contributed by atoms with Crippen LogP contribution in [0.4, 0.5) is 0 Å². The minimum Gasteiger partial charge on any atom is -0.328 e. The number of hydrogen-bond acceptors (Lipinski definition) is 3. The molecular weight excluding hydrogens is 224 g/mol. The van der Waals surface area contributed by atoms with Crippen LogP contribution in [-0.4, -0.2) is 20.8 Å². The van der Waals surface area contributed by atoms with Crippen molar-refractivity contribution in [3.63, 3.8) is 0 Å². The fourth-order valence-electron chi connectivity index (χ4n) is 2.06. The monoisotopic (exact) mass is 244 g/mol. The van der Waals surface area contributed by atoms with E-state index in [2.05, 4.69) is 26.9 Å². The van der Waals surface area contributed by atoms with E-state index >= 15 is 0 Å². The molecule has 1 aromatic heterocycles. The molecule has 1 unspecified atom stereocenters. The first kappa shape index (κ1) is 12.8. The summed E-state index contributed by atoms with van der Waals surface area (Å²) in [4.78, 5) is 0. The van der Waals surface area contributed by atoms with E-state index < -0.39 is 0 Å². The molecule has 4 heteroatoms. The van der Waals surface area contributed by atoms with Gasteiger partial charge in [-0.15, -0.1) is 10.2 Å². The fourth-order valence-corrected chi connectivity index (χ4v) is 2.06. The Labute approximate surface area is 108 Å². The molecule has 2 N–H and O–H groups in total. The van der Waals surface area contributed by atoms with Crippen molar-refractivity contribution in [1.29, 1.82) is 0 Å². The van der Waals surface area contributed by atoms with Gasteiger partial charge in [0.2, 0.25) is 0 Å². The quantitative estimate of drug-likeness (QED) is 0.877. The van der Waals surface area contributed by atoms with Crippen molar-refractivity contribution in [3.05, 3.63) is 42.0 Å². The molecule has 1 atom stereocenters. The Bertz CT molecular complexity index is 488. The highest BCUT2D eigenvalue weighted by atomic mass is 15.3. The highest BCUT2D eigenvalue weighted by Crippen LogP contribution is 2.14. The number of benzene rings is 1. The van der Waals surface area contributed by atoms with Crippen LogP contribution in [-0.2, 0) is 6.42 Å². The van der Waals surface area contributed by atoms with Gasteiger partial charge in [0, 0.05) is 18.2 Å². The van der Waals surface area contributed by atoms with Crippen molar-refractivity contribution in [2.45, 2.75) is 39.2 Å². The maximum Gasteiger partial charge on any atom is 0.137 e. The van der Waals surface area contributed by atoms with E-state index in [1.807, 2.05) is 32.0 Å². The SMILES string of the molecule is Cc1nnc(CCCC(C)N)n1-c1ccccc1. The van der Waals surface area contributed by atoms with E-state index in [9.17, 15) is 0 Å². The topological polar surface area (TPSA) is 56.7 Å². The summed E-state index contributed by atoms with van der Waals surface area (Å²) in [6, 6.07) is 10.5. The van der Waals surface area contributed by atoms with Crippen LogP contribution in [0.2, 0.25) is 0 Å². The summed E-state index contributed by atoms with van der Waals surface area (Å²) in [5, 5.41) is 8.43. The molecule has 2 aromatic rings.